The van der Waals surface area contributed by atoms with E-state index in [-0.39, 0.29) is 17.1 Å². The third-order valence-electron chi connectivity index (χ3n) is 3.19. The molecule has 0 spiro atoms. The Morgan fingerprint density at radius 3 is 2.47 bits per heavy atom. The molecule has 1 aliphatic rings. The molecular weight excluding hydrogens is 184 g/mol. The zero-order valence-corrected chi connectivity index (χ0v) is 10.9. The van der Waals surface area contributed by atoms with Gasteiger partial charge in [0.2, 0.25) is 0 Å². The highest BCUT2D eigenvalue weighted by molar-refractivity contribution is 5.27. The van der Waals surface area contributed by atoms with Gasteiger partial charge in [-0.15, -0.1) is 0 Å². The van der Waals surface area contributed by atoms with E-state index in [2.05, 4.69) is 46.0 Å². The van der Waals surface area contributed by atoms with E-state index in [9.17, 15) is 0 Å². The van der Waals surface area contributed by atoms with Crippen molar-refractivity contribution in [2.24, 2.45) is 5.73 Å². The summed E-state index contributed by atoms with van der Waals surface area (Å²) in [6.45, 7) is 11.0. The van der Waals surface area contributed by atoms with Gasteiger partial charge < -0.3 is 11.1 Å². The Morgan fingerprint density at radius 2 is 1.93 bits per heavy atom. The molecule has 1 aliphatic heterocycles. The average Bonchev–Trinajstić information content (AvgIpc) is 2.07. The Bertz CT molecular complexity index is 251. The standard InChI is InChI=1S/C13H26N2/c1-6-7-8-10-9-12(2,3)15-13(4,5)11(10)14/h9,11,15H,6-8,14H2,1-5H3. The maximum Gasteiger partial charge on any atom is 0.0434 e. The molecule has 2 nitrogen and oxygen atoms in total. The van der Waals surface area contributed by atoms with Gasteiger partial charge in [0.05, 0.1) is 0 Å². The second-order valence-corrected chi connectivity index (χ2v) is 5.87. The first-order chi connectivity index (χ1) is 6.78. The van der Waals surface area contributed by atoms with Crippen molar-refractivity contribution in [2.45, 2.75) is 71.0 Å². The van der Waals surface area contributed by atoms with Crippen LogP contribution in [0, 0.1) is 0 Å². The minimum absolute atomic E-state index is 0.00131. The molecule has 0 aromatic rings. The first kappa shape index (κ1) is 12.7. The molecule has 0 aromatic heterocycles. The fourth-order valence-electron chi connectivity index (χ4n) is 2.57. The normalized spacial score (nSPS) is 28.7. The molecule has 1 atom stereocenters. The second kappa shape index (κ2) is 4.26. The molecule has 0 radical (unpaired) electrons. The van der Waals surface area contributed by atoms with Gasteiger partial charge in [0, 0.05) is 17.1 Å². The van der Waals surface area contributed by atoms with Crippen molar-refractivity contribution in [3.8, 4) is 0 Å². The van der Waals surface area contributed by atoms with Crippen LogP contribution in [0.4, 0.5) is 0 Å². The lowest BCUT2D eigenvalue weighted by molar-refractivity contribution is 0.251. The zero-order chi connectivity index (χ0) is 11.7. The molecule has 1 heterocycles. The van der Waals surface area contributed by atoms with Gasteiger partial charge in [-0.25, -0.2) is 0 Å². The second-order valence-electron chi connectivity index (χ2n) is 5.87. The SMILES string of the molecule is CCCCC1=CC(C)(C)NC(C)(C)C1N. The number of nitrogens with one attached hydrogen (secondary N) is 1. The van der Waals surface area contributed by atoms with Gasteiger partial charge in [0.1, 0.15) is 0 Å². The van der Waals surface area contributed by atoms with Crippen LogP contribution >= 0.6 is 0 Å². The Labute approximate surface area is 94.3 Å². The number of rotatable bonds is 3. The molecule has 0 aromatic carbocycles. The summed E-state index contributed by atoms with van der Waals surface area (Å²) in [5.41, 5.74) is 7.78. The van der Waals surface area contributed by atoms with E-state index in [0.717, 1.165) is 6.42 Å². The summed E-state index contributed by atoms with van der Waals surface area (Å²) in [5, 5.41) is 3.59. The molecular formula is C13H26N2. The van der Waals surface area contributed by atoms with Gasteiger partial charge in [-0.1, -0.05) is 25.0 Å². The van der Waals surface area contributed by atoms with Crippen LogP contribution in [0.15, 0.2) is 11.6 Å². The Kier molecular flexibility index (Phi) is 3.62. The lowest BCUT2D eigenvalue weighted by Crippen LogP contribution is -2.64. The van der Waals surface area contributed by atoms with Crippen molar-refractivity contribution in [3.63, 3.8) is 0 Å². The van der Waals surface area contributed by atoms with Gasteiger partial charge in [0.25, 0.3) is 0 Å². The predicted octanol–water partition coefficient (Wildman–Crippen LogP) is 2.59. The molecule has 0 fully saturated rings. The van der Waals surface area contributed by atoms with Crippen molar-refractivity contribution in [2.75, 3.05) is 0 Å². The summed E-state index contributed by atoms with van der Waals surface area (Å²) in [7, 11) is 0. The maximum absolute atomic E-state index is 6.29. The van der Waals surface area contributed by atoms with Crippen LogP contribution in [-0.2, 0) is 0 Å². The van der Waals surface area contributed by atoms with Gasteiger partial charge in [-0.3, -0.25) is 0 Å². The summed E-state index contributed by atoms with van der Waals surface area (Å²) in [6, 6.07) is 0.150. The molecule has 0 aliphatic carbocycles. The molecule has 0 amide bonds. The van der Waals surface area contributed by atoms with Crippen LogP contribution in [0.2, 0.25) is 0 Å². The van der Waals surface area contributed by atoms with Crippen LogP contribution in [0.5, 0.6) is 0 Å². The van der Waals surface area contributed by atoms with Crippen molar-refractivity contribution in [3.05, 3.63) is 11.6 Å². The van der Waals surface area contributed by atoms with Crippen LogP contribution in [-0.4, -0.2) is 17.1 Å². The number of unbranched alkanes of at least 4 members (excludes halogenated alkanes) is 1. The van der Waals surface area contributed by atoms with E-state index >= 15 is 0 Å². The van der Waals surface area contributed by atoms with Crippen molar-refractivity contribution < 1.29 is 0 Å². The molecule has 2 heteroatoms. The maximum atomic E-state index is 6.29. The third-order valence-corrected chi connectivity index (χ3v) is 3.19. The summed E-state index contributed by atoms with van der Waals surface area (Å²) in [5.74, 6) is 0. The highest BCUT2D eigenvalue weighted by atomic mass is 15.1. The van der Waals surface area contributed by atoms with Crippen molar-refractivity contribution >= 4 is 0 Å². The van der Waals surface area contributed by atoms with Gasteiger partial charge in [-0.2, -0.15) is 0 Å². The van der Waals surface area contributed by atoms with E-state index < -0.39 is 0 Å². The molecule has 1 unspecified atom stereocenters. The fourth-order valence-corrected chi connectivity index (χ4v) is 2.57. The monoisotopic (exact) mass is 210 g/mol. The van der Waals surface area contributed by atoms with E-state index in [1.54, 1.807) is 0 Å². The van der Waals surface area contributed by atoms with Crippen LogP contribution in [0.25, 0.3) is 0 Å². The third kappa shape index (κ3) is 3.05. The Morgan fingerprint density at radius 1 is 1.33 bits per heavy atom. The number of hydrogen-bond donors (Lipinski definition) is 2. The molecule has 1 rings (SSSR count). The van der Waals surface area contributed by atoms with E-state index in [4.69, 9.17) is 5.73 Å². The van der Waals surface area contributed by atoms with Crippen molar-refractivity contribution in [1.82, 2.24) is 5.32 Å². The van der Waals surface area contributed by atoms with Crippen LogP contribution in [0.3, 0.4) is 0 Å². The molecule has 0 bridgehead atoms. The van der Waals surface area contributed by atoms with E-state index in [1.807, 2.05) is 0 Å². The highest BCUT2D eigenvalue weighted by Crippen LogP contribution is 2.29. The Hall–Kier alpha value is -0.340. The summed E-state index contributed by atoms with van der Waals surface area (Å²) in [4.78, 5) is 0. The van der Waals surface area contributed by atoms with Crippen LogP contribution < -0.4 is 11.1 Å². The number of nitrogens with two attached hydrogens (primary N) is 1. The summed E-state index contributed by atoms with van der Waals surface area (Å²) >= 11 is 0. The summed E-state index contributed by atoms with van der Waals surface area (Å²) < 4.78 is 0. The largest absolute Gasteiger partial charge is 0.323 e. The molecule has 0 saturated heterocycles. The molecule has 88 valence electrons. The van der Waals surface area contributed by atoms with Crippen LogP contribution in [0.1, 0.15) is 53.9 Å². The zero-order valence-electron chi connectivity index (χ0n) is 10.9. The first-order valence-electron chi connectivity index (χ1n) is 6.05. The number of hydrogen-bond acceptors (Lipinski definition) is 2. The van der Waals surface area contributed by atoms with Crippen molar-refractivity contribution in [1.29, 1.82) is 0 Å². The fraction of sp³-hybridized carbons (Fsp3) is 0.846. The topological polar surface area (TPSA) is 38.0 Å². The van der Waals surface area contributed by atoms with Gasteiger partial charge >= 0.3 is 0 Å². The Balaban J connectivity index is 2.87. The molecule has 0 saturated carbocycles. The molecule has 3 N–H and O–H groups in total. The lowest BCUT2D eigenvalue weighted by atomic mass is 9.78. The highest BCUT2D eigenvalue weighted by Gasteiger charge is 2.37. The predicted molar refractivity (Wildman–Crippen MR) is 66.9 cm³/mol. The van der Waals surface area contributed by atoms with Gasteiger partial charge in [-0.05, 0) is 40.5 Å². The van der Waals surface area contributed by atoms with Gasteiger partial charge in [0.15, 0.2) is 0 Å². The first-order valence-corrected chi connectivity index (χ1v) is 6.05. The minimum Gasteiger partial charge on any atom is -0.323 e. The van der Waals surface area contributed by atoms with E-state index in [1.165, 1.54) is 18.4 Å². The average molecular weight is 210 g/mol. The summed E-state index contributed by atoms with van der Waals surface area (Å²) in [6.07, 6.45) is 5.94. The minimum atomic E-state index is 0.00131. The smallest absolute Gasteiger partial charge is 0.0434 e. The quantitative estimate of drug-likeness (QED) is 0.703. The van der Waals surface area contributed by atoms with E-state index in [0.29, 0.717) is 0 Å². The lowest BCUT2D eigenvalue weighted by Gasteiger charge is -2.45. The molecule has 15 heavy (non-hydrogen) atoms.